The molecule has 0 aromatic rings. The predicted octanol–water partition coefficient (Wildman–Crippen LogP) is 1.60. The zero-order valence-electron chi connectivity index (χ0n) is 11.5. The Labute approximate surface area is 138 Å². The van der Waals surface area contributed by atoms with Crippen LogP contribution in [0.3, 0.4) is 0 Å². The number of rotatable bonds is 4. The third-order valence-corrected chi connectivity index (χ3v) is 1.75. The van der Waals surface area contributed by atoms with E-state index in [4.69, 9.17) is 29.4 Å². The molecule has 0 radical (unpaired) electrons. The fourth-order valence-corrected chi connectivity index (χ4v) is 0.757. The van der Waals surface area contributed by atoms with Crippen molar-refractivity contribution in [1.82, 2.24) is 0 Å². The van der Waals surface area contributed by atoms with Gasteiger partial charge in [0, 0.05) is 19.5 Å². The summed E-state index contributed by atoms with van der Waals surface area (Å²) < 4.78 is 0. The SMILES string of the molecule is CCCCC(C)CC.OP(O)(O)=S.OP(O)(O)=S.[Zn]. The molecule has 1 atom stereocenters. The second kappa shape index (κ2) is 16.1. The van der Waals surface area contributed by atoms with Crippen molar-refractivity contribution < 1.29 is 48.8 Å². The predicted molar refractivity (Wildman–Crippen MR) is 80.9 cm³/mol. The average Bonchev–Trinajstić information content (AvgIpc) is 2.08. The van der Waals surface area contributed by atoms with E-state index in [0.29, 0.717) is 0 Å². The molecule has 0 aromatic carbocycles. The maximum Gasteiger partial charge on any atom is 0.319 e. The first-order valence-corrected chi connectivity index (χ1v) is 10.7. The Morgan fingerprint density at radius 3 is 1.32 bits per heavy atom. The van der Waals surface area contributed by atoms with Crippen molar-refractivity contribution in [1.29, 1.82) is 0 Å². The van der Waals surface area contributed by atoms with E-state index >= 15 is 0 Å². The van der Waals surface area contributed by atoms with E-state index in [1.165, 1.54) is 25.7 Å². The van der Waals surface area contributed by atoms with Crippen molar-refractivity contribution in [2.24, 2.45) is 5.92 Å². The summed E-state index contributed by atoms with van der Waals surface area (Å²) in [6, 6.07) is 0. The van der Waals surface area contributed by atoms with Crippen molar-refractivity contribution in [3.05, 3.63) is 0 Å². The van der Waals surface area contributed by atoms with E-state index < -0.39 is 13.4 Å². The van der Waals surface area contributed by atoms with E-state index in [1.54, 1.807) is 0 Å². The first-order valence-electron chi connectivity index (χ1n) is 5.37. The second-order valence-electron chi connectivity index (χ2n) is 3.68. The van der Waals surface area contributed by atoms with Gasteiger partial charge in [-0.3, -0.25) is 0 Å². The van der Waals surface area contributed by atoms with Crippen LogP contribution in [0.1, 0.15) is 46.5 Å². The van der Waals surface area contributed by atoms with Gasteiger partial charge in [0.05, 0.1) is 0 Å². The molecular weight excluding hydrogens is 384 g/mol. The standard InChI is InChI=1S/C8H18.2H3O3PS.Zn/c1-4-6-7-8(3)5-2;2*1-4(2,3)5;/h8H,4-7H2,1-3H3;2*(H3,1,2,3,5);. The molecule has 0 aliphatic heterocycles. The molecule has 6 N–H and O–H groups in total. The maximum absolute atomic E-state index is 7.56. The van der Waals surface area contributed by atoms with E-state index in [-0.39, 0.29) is 19.5 Å². The van der Waals surface area contributed by atoms with Gasteiger partial charge >= 0.3 is 13.4 Å². The van der Waals surface area contributed by atoms with Crippen LogP contribution in [0.2, 0.25) is 0 Å². The number of hydrogen-bond donors (Lipinski definition) is 6. The largest absolute Gasteiger partial charge is 0.325 e. The Morgan fingerprint density at radius 1 is 0.895 bits per heavy atom. The molecule has 0 aromatic heterocycles. The summed E-state index contributed by atoms with van der Waals surface area (Å²) in [6.45, 7) is -0.766. The van der Waals surface area contributed by atoms with Crippen LogP contribution in [0.25, 0.3) is 0 Å². The van der Waals surface area contributed by atoms with E-state index in [9.17, 15) is 0 Å². The summed E-state index contributed by atoms with van der Waals surface area (Å²) in [7, 11) is 0. The van der Waals surface area contributed by atoms with Crippen LogP contribution in [0, 0.1) is 5.92 Å². The monoisotopic (exact) mass is 406 g/mol. The van der Waals surface area contributed by atoms with Crippen molar-refractivity contribution in [2.75, 3.05) is 0 Å². The maximum atomic E-state index is 7.56. The number of hydrogen-bond acceptors (Lipinski definition) is 2. The van der Waals surface area contributed by atoms with Gasteiger partial charge in [-0.15, -0.1) is 0 Å². The molecule has 0 fully saturated rings. The van der Waals surface area contributed by atoms with Gasteiger partial charge in [0.2, 0.25) is 0 Å². The first kappa shape index (κ1) is 28.8. The Kier molecular flexibility index (Phi) is 24.3. The third kappa shape index (κ3) is 104. The van der Waals surface area contributed by atoms with Crippen LogP contribution in [0.4, 0.5) is 0 Å². The third-order valence-electron chi connectivity index (χ3n) is 1.75. The Hall–Kier alpha value is 1.68. The molecule has 0 spiro atoms. The molecule has 0 heterocycles. The van der Waals surface area contributed by atoms with Crippen molar-refractivity contribution in [3.63, 3.8) is 0 Å². The van der Waals surface area contributed by atoms with Gasteiger partial charge in [-0.05, 0) is 29.5 Å². The minimum atomic E-state index is -3.81. The molecule has 116 valence electrons. The molecule has 0 bridgehead atoms. The fourth-order valence-electron chi connectivity index (χ4n) is 0.757. The molecule has 19 heavy (non-hydrogen) atoms. The van der Waals surface area contributed by atoms with Gasteiger partial charge < -0.3 is 29.4 Å². The van der Waals surface area contributed by atoms with Crippen LogP contribution >= 0.6 is 13.4 Å². The van der Waals surface area contributed by atoms with E-state index in [1.807, 2.05) is 0 Å². The molecule has 6 nitrogen and oxygen atoms in total. The van der Waals surface area contributed by atoms with Crippen LogP contribution in [-0.2, 0) is 43.1 Å². The normalized spacial score (nSPS) is 12.1. The van der Waals surface area contributed by atoms with Gasteiger partial charge in [0.25, 0.3) is 0 Å². The molecule has 0 aliphatic rings. The minimum Gasteiger partial charge on any atom is -0.325 e. The summed E-state index contributed by atoms with van der Waals surface area (Å²) in [5.74, 6) is 0.954. The summed E-state index contributed by atoms with van der Waals surface area (Å²) in [4.78, 5) is 45.3. The fraction of sp³-hybridized carbons (Fsp3) is 1.00. The van der Waals surface area contributed by atoms with Crippen molar-refractivity contribution in [2.45, 2.75) is 46.5 Å². The molecular formula is C8H24O6P2S2Zn. The zero-order valence-corrected chi connectivity index (χ0v) is 17.9. The average molecular weight is 408 g/mol. The number of unbranched alkanes of at least 4 members (excludes halogenated alkanes) is 1. The second-order valence-corrected chi connectivity index (χ2v) is 8.67. The van der Waals surface area contributed by atoms with E-state index in [2.05, 4.69) is 44.4 Å². The molecule has 0 rings (SSSR count). The van der Waals surface area contributed by atoms with Crippen molar-refractivity contribution in [3.8, 4) is 0 Å². The zero-order chi connectivity index (χ0) is 15.4. The van der Waals surface area contributed by atoms with Crippen molar-refractivity contribution >= 4 is 37.1 Å². The summed E-state index contributed by atoms with van der Waals surface area (Å²) in [5, 5.41) is 0. The molecule has 0 saturated heterocycles. The molecule has 0 saturated carbocycles. The summed E-state index contributed by atoms with van der Waals surface area (Å²) in [5.41, 5.74) is 0. The van der Waals surface area contributed by atoms with Gasteiger partial charge in [0.1, 0.15) is 0 Å². The van der Waals surface area contributed by atoms with Crippen LogP contribution < -0.4 is 0 Å². The summed E-state index contributed by atoms with van der Waals surface area (Å²) in [6.07, 6.45) is 5.53. The van der Waals surface area contributed by atoms with Crippen LogP contribution in [0.15, 0.2) is 0 Å². The van der Waals surface area contributed by atoms with E-state index in [0.717, 1.165) is 5.92 Å². The summed E-state index contributed by atoms with van der Waals surface area (Å²) >= 11 is 7.21. The molecule has 0 aliphatic carbocycles. The van der Waals surface area contributed by atoms with Crippen LogP contribution in [-0.4, -0.2) is 29.4 Å². The Bertz CT molecular complexity index is 233. The Balaban J connectivity index is -0.0000000906. The first-order chi connectivity index (χ1) is 7.81. The van der Waals surface area contributed by atoms with Gasteiger partial charge in [0.15, 0.2) is 0 Å². The van der Waals surface area contributed by atoms with Gasteiger partial charge in [-0.2, -0.15) is 0 Å². The minimum absolute atomic E-state index is 0. The van der Waals surface area contributed by atoms with Gasteiger partial charge in [-0.25, -0.2) is 0 Å². The van der Waals surface area contributed by atoms with Gasteiger partial charge in [-0.1, -0.05) is 46.5 Å². The molecule has 1 unspecified atom stereocenters. The molecule has 0 amide bonds. The topological polar surface area (TPSA) is 121 Å². The quantitative estimate of drug-likeness (QED) is 0.307. The Morgan fingerprint density at radius 2 is 1.16 bits per heavy atom. The van der Waals surface area contributed by atoms with Crippen LogP contribution in [0.5, 0.6) is 0 Å². The molecule has 11 heteroatoms. The smallest absolute Gasteiger partial charge is 0.319 e.